The predicted molar refractivity (Wildman–Crippen MR) is 110 cm³/mol. The van der Waals surface area contributed by atoms with Gasteiger partial charge in [-0.05, 0) is 50.5 Å². The Kier molecular flexibility index (Phi) is 5.45. The van der Waals surface area contributed by atoms with Gasteiger partial charge < -0.3 is 23.9 Å². The third-order valence-corrected chi connectivity index (χ3v) is 5.74. The van der Waals surface area contributed by atoms with Crippen molar-refractivity contribution in [3.63, 3.8) is 0 Å². The van der Waals surface area contributed by atoms with Crippen LogP contribution in [0.5, 0.6) is 23.0 Å². The van der Waals surface area contributed by atoms with Crippen LogP contribution in [0.1, 0.15) is 31.7 Å². The normalized spacial score (nSPS) is 19.2. The first-order chi connectivity index (χ1) is 14.1. The maximum atomic E-state index is 13.0. The Labute approximate surface area is 169 Å². The molecule has 2 aromatic carbocycles. The molecule has 1 fully saturated rings. The van der Waals surface area contributed by atoms with Crippen LogP contribution in [0.2, 0.25) is 0 Å². The molecular formula is C23H26NO5+. The lowest BCUT2D eigenvalue weighted by Crippen LogP contribution is -3.14. The van der Waals surface area contributed by atoms with Crippen molar-refractivity contribution in [2.75, 3.05) is 13.7 Å². The van der Waals surface area contributed by atoms with Crippen molar-refractivity contribution in [3.05, 3.63) is 58.4 Å². The van der Waals surface area contributed by atoms with E-state index < -0.39 is 0 Å². The number of likely N-dealkylation sites (tertiary alicyclic amines) is 1. The van der Waals surface area contributed by atoms with Crippen LogP contribution in [0.4, 0.5) is 0 Å². The van der Waals surface area contributed by atoms with E-state index in [1.54, 1.807) is 43.5 Å². The minimum atomic E-state index is -0.267. The Bertz CT molecular complexity index is 1070. The summed E-state index contributed by atoms with van der Waals surface area (Å²) < 4.78 is 16.7. The summed E-state index contributed by atoms with van der Waals surface area (Å²) >= 11 is 0. The highest BCUT2D eigenvalue weighted by Gasteiger charge is 2.25. The van der Waals surface area contributed by atoms with Crippen LogP contribution in [0.25, 0.3) is 11.0 Å². The summed E-state index contributed by atoms with van der Waals surface area (Å²) in [7, 11) is 1.57. The van der Waals surface area contributed by atoms with Crippen molar-refractivity contribution in [1.29, 1.82) is 0 Å². The first-order valence-electron chi connectivity index (χ1n) is 9.99. The molecule has 1 aliphatic heterocycles. The zero-order valence-electron chi connectivity index (χ0n) is 16.7. The topological polar surface area (TPSA) is 73.3 Å². The Morgan fingerprint density at radius 2 is 2.03 bits per heavy atom. The van der Waals surface area contributed by atoms with E-state index in [1.807, 2.05) is 0 Å². The average Bonchev–Trinajstić information content (AvgIpc) is 2.73. The third kappa shape index (κ3) is 3.93. The van der Waals surface area contributed by atoms with Crippen molar-refractivity contribution >= 4 is 11.0 Å². The molecule has 3 aromatic rings. The average molecular weight is 396 g/mol. The Morgan fingerprint density at radius 3 is 2.83 bits per heavy atom. The van der Waals surface area contributed by atoms with Crippen LogP contribution in [0.15, 0.2) is 51.9 Å². The lowest BCUT2D eigenvalue weighted by molar-refractivity contribution is -0.941. The number of nitrogens with one attached hydrogen (secondary N) is 1. The molecule has 0 bridgehead atoms. The molecule has 6 heteroatoms. The molecule has 0 amide bonds. The van der Waals surface area contributed by atoms with Crippen molar-refractivity contribution in [2.45, 2.75) is 38.8 Å². The molecular weight excluding hydrogens is 370 g/mol. The maximum absolute atomic E-state index is 13.0. The summed E-state index contributed by atoms with van der Waals surface area (Å²) in [6.07, 6.45) is 4.91. The van der Waals surface area contributed by atoms with Gasteiger partial charge in [0.2, 0.25) is 11.2 Å². The van der Waals surface area contributed by atoms with Gasteiger partial charge in [0.1, 0.15) is 30.1 Å². The van der Waals surface area contributed by atoms with Gasteiger partial charge in [-0.1, -0.05) is 6.07 Å². The fraction of sp³-hybridized carbons (Fsp3) is 0.348. The number of hydrogen-bond acceptors (Lipinski definition) is 5. The molecule has 2 heterocycles. The SMILES string of the molecule is COc1cccc(Oc2coc3c(C[NH+]4CCCC[C@@H]4C)c(O)ccc3c2=O)c1. The zero-order valence-corrected chi connectivity index (χ0v) is 16.7. The second-order valence-electron chi connectivity index (χ2n) is 7.63. The molecule has 0 aliphatic carbocycles. The standard InChI is InChI=1S/C23H25NO5/c1-15-6-3-4-11-24(15)13-19-20(25)10-9-18-22(26)21(14-28-23(18)19)29-17-8-5-7-16(12-17)27-2/h5,7-10,12,14-15,25H,3-4,6,11,13H2,1-2H3/p+1/t15-/m0/s1. The smallest absolute Gasteiger partial charge is 0.235 e. The van der Waals surface area contributed by atoms with Crippen LogP contribution in [0, 0.1) is 0 Å². The number of piperidine rings is 1. The third-order valence-electron chi connectivity index (χ3n) is 5.74. The van der Waals surface area contributed by atoms with E-state index >= 15 is 0 Å². The Balaban J connectivity index is 1.69. The number of methoxy groups -OCH3 is 1. The molecule has 29 heavy (non-hydrogen) atoms. The van der Waals surface area contributed by atoms with Crippen molar-refractivity contribution in [1.82, 2.24) is 0 Å². The van der Waals surface area contributed by atoms with Crippen LogP contribution in [-0.2, 0) is 6.54 Å². The van der Waals surface area contributed by atoms with E-state index in [4.69, 9.17) is 13.9 Å². The number of fused-ring (bicyclic) bond motifs is 1. The number of rotatable bonds is 5. The highest BCUT2D eigenvalue weighted by Crippen LogP contribution is 2.29. The zero-order chi connectivity index (χ0) is 20.4. The summed E-state index contributed by atoms with van der Waals surface area (Å²) in [5, 5.41) is 10.9. The Morgan fingerprint density at radius 1 is 1.21 bits per heavy atom. The first kappa shape index (κ1) is 19.3. The molecule has 152 valence electrons. The van der Waals surface area contributed by atoms with Crippen LogP contribution >= 0.6 is 0 Å². The van der Waals surface area contributed by atoms with Gasteiger partial charge in [0.15, 0.2) is 5.58 Å². The number of phenols is 1. The lowest BCUT2D eigenvalue weighted by Gasteiger charge is -2.30. The molecule has 0 saturated carbocycles. The summed E-state index contributed by atoms with van der Waals surface area (Å²) in [5.74, 6) is 1.38. The van der Waals surface area contributed by atoms with Gasteiger partial charge in [-0.3, -0.25) is 4.79 Å². The quantitative estimate of drug-likeness (QED) is 0.693. The van der Waals surface area contributed by atoms with Crippen molar-refractivity contribution < 1.29 is 23.9 Å². The van der Waals surface area contributed by atoms with E-state index in [0.29, 0.717) is 40.6 Å². The van der Waals surface area contributed by atoms with Crippen molar-refractivity contribution in [3.8, 4) is 23.0 Å². The Hall–Kier alpha value is -2.99. The van der Waals surface area contributed by atoms with E-state index in [2.05, 4.69) is 6.92 Å². The van der Waals surface area contributed by atoms with E-state index in [-0.39, 0.29) is 16.9 Å². The molecule has 6 nitrogen and oxygen atoms in total. The van der Waals surface area contributed by atoms with E-state index in [9.17, 15) is 9.90 Å². The first-order valence-corrected chi connectivity index (χ1v) is 9.99. The summed E-state index contributed by atoms with van der Waals surface area (Å²) in [5.41, 5.74) is 0.839. The van der Waals surface area contributed by atoms with Gasteiger partial charge in [-0.25, -0.2) is 0 Å². The summed E-state index contributed by atoms with van der Waals surface area (Å²) in [6.45, 7) is 3.91. The lowest BCUT2D eigenvalue weighted by atomic mass is 10.0. The molecule has 1 saturated heterocycles. The number of quaternary nitrogens is 1. The van der Waals surface area contributed by atoms with Gasteiger partial charge in [-0.15, -0.1) is 0 Å². The fourth-order valence-corrected chi connectivity index (χ4v) is 4.01. The summed E-state index contributed by atoms with van der Waals surface area (Å²) in [6, 6.07) is 10.7. The largest absolute Gasteiger partial charge is 0.507 e. The van der Waals surface area contributed by atoms with Crippen LogP contribution in [0.3, 0.4) is 0 Å². The predicted octanol–water partition coefficient (Wildman–Crippen LogP) is 3.26. The maximum Gasteiger partial charge on any atom is 0.235 e. The van der Waals surface area contributed by atoms with E-state index in [0.717, 1.165) is 6.54 Å². The minimum Gasteiger partial charge on any atom is -0.507 e. The van der Waals surface area contributed by atoms with Crippen molar-refractivity contribution in [2.24, 2.45) is 0 Å². The second kappa shape index (κ2) is 8.17. The fourth-order valence-electron chi connectivity index (χ4n) is 4.01. The van der Waals surface area contributed by atoms with Crippen LogP contribution < -0.4 is 19.8 Å². The number of benzene rings is 2. The number of ether oxygens (including phenoxy) is 2. The molecule has 1 aliphatic rings. The molecule has 4 rings (SSSR count). The second-order valence-corrected chi connectivity index (χ2v) is 7.63. The highest BCUT2D eigenvalue weighted by atomic mass is 16.5. The van der Waals surface area contributed by atoms with Gasteiger partial charge in [0.25, 0.3) is 0 Å². The van der Waals surface area contributed by atoms with Gasteiger partial charge >= 0.3 is 0 Å². The molecule has 1 unspecified atom stereocenters. The monoisotopic (exact) mass is 396 g/mol. The van der Waals surface area contributed by atoms with Gasteiger partial charge in [0, 0.05) is 6.07 Å². The van der Waals surface area contributed by atoms with Crippen LogP contribution in [-0.4, -0.2) is 24.8 Å². The highest BCUT2D eigenvalue weighted by molar-refractivity contribution is 5.82. The number of phenolic OH excluding ortho intramolecular Hbond substituents is 1. The number of aromatic hydroxyl groups is 1. The van der Waals surface area contributed by atoms with Gasteiger partial charge in [0.05, 0.1) is 30.6 Å². The summed E-state index contributed by atoms with van der Waals surface area (Å²) in [4.78, 5) is 14.4. The molecule has 0 spiro atoms. The number of hydrogen-bond donors (Lipinski definition) is 2. The minimum absolute atomic E-state index is 0.0982. The molecule has 2 N–H and O–H groups in total. The van der Waals surface area contributed by atoms with E-state index in [1.165, 1.54) is 30.4 Å². The molecule has 1 aromatic heterocycles. The van der Waals surface area contributed by atoms with Gasteiger partial charge in [-0.2, -0.15) is 0 Å². The molecule has 2 atom stereocenters. The molecule has 0 radical (unpaired) electrons.